The van der Waals surface area contributed by atoms with Crippen LogP contribution in [0.15, 0.2) is 35.0 Å². The quantitative estimate of drug-likeness (QED) is 0.491. The van der Waals surface area contributed by atoms with Gasteiger partial charge in [-0.15, -0.1) is 10.2 Å². The Bertz CT molecular complexity index is 1220. The lowest BCUT2D eigenvalue weighted by molar-refractivity contribution is -0.137. The van der Waals surface area contributed by atoms with Crippen LogP contribution in [0.3, 0.4) is 0 Å². The van der Waals surface area contributed by atoms with Gasteiger partial charge in [-0.05, 0) is 48.4 Å². The maximum atomic E-state index is 13.3. The molecule has 0 aliphatic carbocycles. The van der Waals surface area contributed by atoms with Crippen molar-refractivity contribution in [3.05, 3.63) is 64.6 Å². The fourth-order valence-corrected chi connectivity index (χ4v) is 4.10. The fourth-order valence-electron chi connectivity index (χ4n) is 4.10. The van der Waals surface area contributed by atoms with Crippen LogP contribution in [0.5, 0.6) is 0 Å². The van der Waals surface area contributed by atoms with E-state index in [1.54, 1.807) is 31.1 Å². The van der Waals surface area contributed by atoms with Crippen LogP contribution in [0, 0.1) is 13.8 Å². The van der Waals surface area contributed by atoms with Crippen molar-refractivity contribution in [2.24, 2.45) is 0 Å². The summed E-state index contributed by atoms with van der Waals surface area (Å²) >= 11 is 0. The normalized spacial score (nSPS) is 17.4. The molecule has 9 nitrogen and oxygen atoms in total. The largest absolute Gasteiger partial charge is 0.449 e. The van der Waals surface area contributed by atoms with Crippen LogP contribution >= 0.6 is 0 Å². The first-order valence-electron chi connectivity index (χ1n) is 11.1. The van der Waals surface area contributed by atoms with Crippen molar-refractivity contribution < 1.29 is 22.4 Å². The van der Waals surface area contributed by atoms with Gasteiger partial charge in [0.05, 0.1) is 17.8 Å². The minimum Gasteiger partial charge on any atom is -0.449 e. The summed E-state index contributed by atoms with van der Waals surface area (Å²) in [6.45, 7) is 7.92. The number of hydrogen-bond donors (Lipinski definition) is 0. The summed E-state index contributed by atoms with van der Waals surface area (Å²) in [5.41, 5.74) is 0.886. The van der Waals surface area contributed by atoms with Gasteiger partial charge in [0.15, 0.2) is 11.7 Å². The molecule has 1 fully saturated rings. The van der Waals surface area contributed by atoms with Crippen molar-refractivity contribution in [1.82, 2.24) is 35.0 Å². The summed E-state index contributed by atoms with van der Waals surface area (Å²) in [6, 6.07) is 3.37. The van der Waals surface area contributed by atoms with Crippen molar-refractivity contribution in [2.75, 3.05) is 19.6 Å². The minimum atomic E-state index is -4.49. The molecule has 186 valence electrons. The standard InChI is InChI=1S/C23H26F3N7O2/c1-15-11-31(13-21-14-35-17(3)27-21)8-9-32(15)22(34)7-5-18-4-6-20(23(24,25)26)10-19(18)12-33-29-16(2)28-30-33/h4-7,10,14-15H,8-9,11-13H2,1-3H3. The summed E-state index contributed by atoms with van der Waals surface area (Å²) in [7, 11) is 0. The molecular formula is C23H26F3N7O2. The molecule has 1 atom stereocenters. The van der Waals surface area contributed by atoms with E-state index < -0.39 is 11.7 Å². The highest BCUT2D eigenvalue weighted by atomic mass is 19.4. The third-order valence-corrected chi connectivity index (χ3v) is 5.79. The van der Waals surface area contributed by atoms with E-state index in [4.69, 9.17) is 4.42 Å². The monoisotopic (exact) mass is 489 g/mol. The number of amides is 1. The van der Waals surface area contributed by atoms with Crippen molar-refractivity contribution >= 4 is 12.0 Å². The molecule has 1 amide bonds. The van der Waals surface area contributed by atoms with E-state index in [0.29, 0.717) is 49.0 Å². The summed E-state index contributed by atoms with van der Waals surface area (Å²) in [5, 5.41) is 11.7. The molecule has 1 aliphatic heterocycles. The molecule has 0 bridgehead atoms. The van der Waals surface area contributed by atoms with E-state index in [-0.39, 0.29) is 18.5 Å². The number of alkyl halides is 3. The van der Waals surface area contributed by atoms with Crippen molar-refractivity contribution in [2.45, 2.75) is 46.1 Å². The average Bonchev–Trinajstić information content (AvgIpc) is 3.39. The van der Waals surface area contributed by atoms with Crippen LogP contribution in [-0.2, 0) is 24.1 Å². The molecule has 1 saturated heterocycles. The molecule has 4 rings (SSSR count). The molecule has 35 heavy (non-hydrogen) atoms. The molecule has 1 unspecified atom stereocenters. The molecule has 0 radical (unpaired) electrons. The first-order valence-corrected chi connectivity index (χ1v) is 11.1. The number of aromatic nitrogens is 5. The van der Waals surface area contributed by atoms with Gasteiger partial charge in [-0.3, -0.25) is 9.69 Å². The first-order chi connectivity index (χ1) is 16.6. The Morgan fingerprint density at radius 1 is 1.23 bits per heavy atom. The number of aryl methyl sites for hydroxylation is 2. The Morgan fingerprint density at radius 2 is 2.03 bits per heavy atom. The van der Waals surface area contributed by atoms with Gasteiger partial charge in [0.25, 0.3) is 0 Å². The number of halogens is 3. The lowest BCUT2D eigenvalue weighted by Gasteiger charge is -2.39. The average molecular weight is 490 g/mol. The molecule has 3 aromatic rings. The smallest absolute Gasteiger partial charge is 0.416 e. The molecule has 1 aliphatic rings. The maximum absolute atomic E-state index is 13.3. The molecule has 2 aromatic heterocycles. The molecule has 0 saturated carbocycles. The predicted octanol–water partition coefficient (Wildman–Crippen LogP) is 3.09. The minimum absolute atomic E-state index is 0.00474. The summed E-state index contributed by atoms with van der Waals surface area (Å²) in [6.07, 6.45) is 0.0918. The number of carbonyl (C=O) groups excluding carboxylic acids is 1. The molecule has 3 heterocycles. The zero-order chi connectivity index (χ0) is 25.2. The van der Waals surface area contributed by atoms with E-state index in [9.17, 15) is 18.0 Å². The number of piperazine rings is 1. The second kappa shape index (κ2) is 9.98. The molecule has 0 N–H and O–H groups in total. The number of rotatable bonds is 6. The van der Waals surface area contributed by atoms with Gasteiger partial charge < -0.3 is 9.32 Å². The number of oxazole rings is 1. The zero-order valence-corrected chi connectivity index (χ0v) is 19.7. The van der Waals surface area contributed by atoms with Gasteiger partial charge in [0.1, 0.15) is 6.26 Å². The first kappa shape index (κ1) is 24.6. The van der Waals surface area contributed by atoms with Crippen LogP contribution in [-0.4, -0.2) is 66.6 Å². The molecule has 12 heteroatoms. The SMILES string of the molecule is Cc1nnn(Cc2cc(C(F)(F)F)ccc2C=CC(=O)N2CCN(Cc3coc(C)n3)CC2C)n1. The number of carbonyl (C=O) groups is 1. The third kappa shape index (κ3) is 6.13. The second-order valence-electron chi connectivity index (χ2n) is 8.59. The Balaban J connectivity index is 1.46. The van der Waals surface area contributed by atoms with Gasteiger partial charge in [-0.2, -0.15) is 18.0 Å². The van der Waals surface area contributed by atoms with E-state index in [1.165, 1.54) is 16.9 Å². The topological polar surface area (TPSA) is 93.2 Å². The van der Waals surface area contributed by atoms with Gasteiger partial charge >= 0.3 is 6.18 Å². The van der Waals surface area contributed by atoms with Crippen LogP contribution in [0.1, 0.15) is 41.0 Å². The highest BCUT2D eigenvalue weighted by molar-refractivity contribution is 5.92. The molecular weight excluding hydrogens is 463 g/mol. The molecule has 0 spiro atoms. The van der Waals surface area contributed by atoms with E-state index in [2.05, 4.69) is 25.3 Å². The number of tetrazole rings is 1. The summed E-state index contributed by atoms with van der Waals surface area (Å²) in [5.74, 6) is 0.829. The lowest BCUT2D eigenvalue weighted by atomic mass is 10.0. The van der Waals surface area contributed by atoms with Crippen molar-refractivity contribution in [3.8, 4) is 0 Å². The number of benzene rings is 1. The predicted molar refractivity (Wildman–Crippen MR) is 120 cm³/mol. The van der Waals surface area contributed by atoms with Crippen LogP contribution in [0.25, 0.3) is 6.08 Å². The van der Waals surface area contributed by atoms with Gasteiger partial charge in [-0.25, -0.2) is 4.98 Å². The Labute approximate surface area is 200 Å². The van der Waals surface area contributed by atoms with Gasteiger partial charge in [-0.1, -0.05) is 6.07 Å². The number of nitrogens with zero attached hydrogens (tertiary/aromatic N) is 7. The van der Waals surface area contributed by atoms with E-state index >= 15 is 0 Å². The van der Waals surface area contributed by atoms with Gasteiger partial charge in [0, 0.05) is 45.2 Å². The van der Waals surface area contributed by atoms with Crippen LogP contribution in [0.2, 0.25) is 0 Å². The second-order valence-corrected chi connectivity index (χ2v) is 8.59. The molecule has 1 aromatic carbocycles. The van der Waals surface area contributed by atoms with E-state index in [1.807, 2.05) is 6.92 Å². The van der Waals surface area contributed by atoms with Gasteiger partial charge in [0.2, 0.25) is 5.91 Å². The van der Waals surface area contributed by atoms with Crippen LogP contribution < -0.4 is 0 Å². The highest BCUT2D eigenvalue weighted by Crippen LogP contribution is 2.31. The third-order valence-electron chi connectivity index (χ3n) is 5.79. The summed E-state index contributed by atoms with van der Waals surface area (Å²) < 4.78 is 45.1. The number of hydrogen-bond acceptors (Lipinski definition) is 7. The Morgan fingerprint density at radius 3 is 2.66 bits per heavy atom. The Kier molecular flexibility index (Phi) is 7.01. The highest BCUT2D eigenvalue weighted by Gasteiger charge is 2.31. The Hall–Kier alpha value is -3.54. The lowest BCUT2D eigenvalue weighted by Crippen LogP contribution is -2.53. The fraction of sp³-hybridized carbons (Fsp3) is 0.435. The maximum Gasteiger partial charge on any atom is 0.416 e. The van der Waals surface area contributed by atoms with Crippen molar-refractivity contribution in [1.29, 1.82) is 0 Å². The van der Waals surface area contributed by atoms with Crippen molar-refractivity contribution in [3.63, 3.8) is 0 Å². The van der Waals surface area contributed by atoms with E-state index in [0.717, 1.165) is 17.8 Å². The summed E-state index contributed by atoms with van der Waals surface area (Å²) in [4.78, 5) is 22.4. The van der Waals surface area contributed by atoms with Crippen LogP contribution in [0.4, 0.5) is 13.2 Å². The zero-order valence-electron chi connectivity index (χ0n) is 19.7.